The van der Waals surface area contributed by atoms with E-state index in [1.807, 2.05) is 17.0 Å². The van der Waals surface area contributed by atoms with Crippen LogP contribution in [0.15, 0.2) is 47.1 Å². The molecule has 1 aliphatic heterocycles. The molecule has 1 amide bonds. The minimum atomic E-state index is -0.206. The van der Waals surface area contributed by atoms with E-state index in [1.54, 1.807) is 12.1 Å². The Hall–Kier alpha value is -2.14. The van der Waals surface area contributed by atoms with Gasteiger partial charge in [0.2, 0.25) is 0 Å². The minimum Gasteiger partial charge on any atom is -0.459 e. The molecule has 2 aromatic rings. The standard InChI is InChI=1S/C16H17FN2O2/c17-14-5-3-13(4-6-14)12-18-7-9-19(10-8-18)16(20)15-2-1-11-21-15/h1-6,11H,7-10,12H2/p+1. The van der Waals surface area contributed by atoms with Crippen molar-refractivity contribution in [3.05, 3.63) is 59.8 Å². The maximum Gasteiger partial charge on any atom is 0.289 e. The Labute approximate surface area is 122 Å². The lowest BCUT2D eigenvalue weighted by atomic mass is 10.2. The van der Waals surface area contributed by atoms with Crippen LogP contribution >= 0.6 is 0 Å². The Morgan fingerprint density at radius 3 is 2.52 bits per heavy atom. The van der Waals surface area contributed by atoms with Crippen molar-refractivity contribution in [1.29, 1.82) is 0 Å². The quantitative estimate of drug-likeness (QED) is 0.914. The molecule has 3 rings (SSSR count). The first-order chi connectivity index (χ1) is 10.2. The Balaban J connectivity index is 1.53. The predicted molar refractivity (Wildman–Crippen MR) is 75.4 cm³/mol. The van der Waals surface area contributed by atoms with Gasteiger partial charge in [-0.05, 0) is 24.3 Å². The molecule has 4 nitrogen and oxygen atoms in total. The number of piperazine rings is 1. The van der Waals surface area contributed by atoms with Crippen molar-refractivity contribution >= 4 is 5.91 Å². The highest BCUT2D eigenvalue weighted by molar-refractivity contribution is 5.91. The fourth-order valence-corrected chi connectivity index (χ4v) is 2.65. The molecule has 0 saturated carbocycles. The summed E-state index contributed by atoms with van der Waals surface area (Å²) in [5.74, 6) is 0.153. The Bertz CT molecular complexity index is 587. The summed E-state index contributed by atoms with van der Waals surface area (Å²) >= 11 is 0. The second-order valence-corrected chi connectivity index (χ2v) is 5.32. The van der Waals surface area contributed by atoms with Crippen LogP contribution in [0.25, 0.3) is 0 Å². The van der Waals surface area contributed by atoms with Gasteiger partial charge in [-0.15, -0.1) is 0 Å². The summed E-state index contributed by atoms with van der Waals surface area (Å²) in [7, 11) is 0. The van der Waals surface area contributed by atoms with Gasteiger partial charge in [0, 0.05) is 5.56 Å². The van der Waals surface area contributed by atoms with E-state index in [2.05, 4.69) is 0 Å². The highest BCUT2D eigenvalue weighted by Gasteiger charge is 2.25. The van der Waals surface area contributed by atoms with Gasteiger partial charge in [-0.3, -0.25) is 4.79 Å². The van der Waals surface area contributed by atoms with Crippen molar-refractivity contribution in [3.8, 4) is 0 Å². The van der Waals surface area contributed by atoms with E-state index in [-0.39, 0.29) is 11.7 Å². The lowest BCUT2D eigenvalue weighted by Gasteiger charge is -2.31. The molecular formula is C16H18FN2O2+. The van der Waals surface area contributed by atoms with Crippen LogP contribution in [0.5, 0.6) is 0 Å². The molecule has 110 valence electrons. The summed E-state index contributed by atoms with van der Waals surface area (Å²) in [4.78, 5) is 15.4. The van der Waals surface area contributed by atoms with Crippen LogP contribution in [-0.2, 0) is 6.54 Å². The van der Waals surface area contributed by atoms with Crippen LogP contribution in [0.4, 0.5) is 4.39 Å². The summed E-state index contributed by atoms with van der Waals surface area (Å²) in [6.07, 6.45) is 1.52. The van der Waals surface area contributed by atoms with Crippen LogP contribution in [0.1, 0.15) is 16.1 Å². The van der Waals surface area contributed by atoms with Gasteiger partial charge in [0.15, 0.2) is 5.76 Å². The van der Waals surface area contributed by atoms with Gasteiger partial charge in [-0.25, -0.2) is 4.39 Å². The lowest BCUT2D eigenvalue weighted by Crippen LogP contribution is -3.13. The first-order valence-corrected chi connectivity index (χ1v) is 7.13. The lowest BCUT2D eigenvalue weighted by molar-refractivity contribution is -0.917. The van der Waals surface area contributed by atoms with Crippen LogP contribution < -0.4 is 4.90 Å². The fourth-order valence-electron chi connectivity index (χ4n) is 2.65. The van der Waals surface area contributed by atoms with E-state index < -0.39 is 0 Å². The van der Waals surface area contributed by atoms with E-state index >= 15 is 0 Å². The average Bonchev–Trinajstić information content (AvgIpc) is 3.04. The van der Waals surface area contributed by atoms with E-state index in [9.17, 15) is 9.18 Å². The molecule has 0 unspecified atom stereocenters. The number of hydrogen-bond acceptors (Lipinski definition) is 2. The van der Waals surface area contributed by atoms with Crippen LogP contribution in [0.2, 0.25) is 0 Å². The van der Waals surface area contributed by atoms with Crippen molar-refractivity contribution in [2.75, 3.05) is 26.2 Å². The molecule has 1 fully saturated rings. The van der Waals surface area contributed by atoms with Gasteiger partial charge in [0.25, 0.3) is 5.91 Å². The molecule has 1 saturated heterocycles. The third kappa shape index (κ3) is 3.31. The maximum atomic E-state index is 12.9. The van der Waals surface area contributed by atoms with Crippen molar-refractivity contribution in [3.63, 3.8) is 0 Å². The molecule has 1 aliphatic rings. The zero-order valence-electron chi connectivity index (χ0n) is 11.7. The summed E-state index contributed by atoms with van der Waals surface area (Å²) < 4.78 is 18.0. The molecule has 1 aromatic carbocycles. The summed E-state index contributed by atoms with van der Waals surface area (Å²) in [6.45, 7) is 4.09. The van der Waals surface area contributed by atoms with Gasteiger partial charge < -0.3 is 14.2 Å². The molecule has 21 heavy (non-hydrogen) atoms. The number of nitrogens with one attached hydrogen (secondary N) is 1. The van der Waals surface area contributed by atoms with Crippen LogP contribution in [-0.4, -0.2) is 37.0 Å². The van der Waals surface area contributed by atoms with Crippen LogP contribution in [0, 0.1) is 5.82 Å². The van der Waals surface area contributed by atoms with Gasteiger partial charge in [-0.2, -0.15) is 0 Å². The number of nitrogens with zero attached hydrogens (tertiary/aromatic N) is 1. The zero-order chi connectivity index (χ0) is 14.7. The van der Waals surface area contributed by atoms with E-state index in [4.69, 9.17) is 4.42 Å². The molecule has 0 bridgehead atoms. The molecule has 2 heterocycles. The number of benzene rings is 1. The number of halogens is 1. The smallest absolute Gasteiger partial charge is 0.289 e. The van der Waals surface area contributed by atoms with E-state index in [0.717, 1.165) is 38.3 Å². The van der Waals surface area contributed by atoms with E-state index in [1.165, 1.54) is 23.3 Å². The minimum absolute atomic E-state index is 0.0409. The molecule has 0 aliphatic carbocycles. The topological polar surface area (TPSA) is 37.9 Å². The molecule has 0 radical (unpaired) electrons. The van der Waals surface area contributed by atoms with Gasteiger partial charge in [0.05, 0.1) is 32.4 Å². The van der Waals surface area contributed by atoms with Gasteiger partial charge in [-0.1, -0.05) is 12.1 Å². The molecular weight excluding hydrogens is 271 g/mol. The molecule has 0 spiro atoms. The second-order valence-electron chi connectivity index (χ2n) is 5.32. The van der Waals surface area contributed by atoms with Crippen molar-refractivity contribution < 1.29 is 18.5 Å². The van der Waals surface area contributed by atoms with E-state index in [0.29, 0.717) is 5.76 Å². The average molecular weight is 289 g/mol. The predicted octanol–water partition coefficient (Wildman–Crippen LogP) is 0.960. The molecule has 1 aromatic heterocycles. The SMILES string of the molecule is O=C(c1ccco1)N1CC[NH+](Cc2ccc(F)cc2)CC1. The third-order valence-corrected chi connectivity index (χ3v) is 3.86. The van der Waals surface area contributed by atoms with Crippen LogP contribution in [0.3, 0.4) is 0 Å². The number of furan rings is 1. The van der Waals surface area contributed by atoms with Gasteiger partial charge >= 0.3 is 0 Å². The van der Waals surface area contributed by atoms with Gasteiger partial charge in [0.1, 0.15) is 12.4 Å². The third-order valence-electron chi connectivity index (χ3n) is 3.86. The first-order valence-electron chi connectivity index (χ1n) is 7.13. The van der Waals surface area contributed by atoms with Crippen molar-refractivity contribution in [2.45, 2.75) is 6.54 Å². The Kier molecular flexibility index (Phi) is 4.01. The highest BCUT2D eigenvalue weighted by Crippen LogP contribution is 2.06. The highest BCUT2D eigenvalue weighted by atomic mass is 19.1. The second kappa shape index (κ2) is 6.10. The number of amides is 1. The summed E-state index contributed by atoms with van der Waals surface area (Å²) in [6, 6.07) is 10.0. The Morgan fingerprint density at radius 1 is 1.19 bits per heavy atom. The number of quaternary nitrogens is 1. The fraction of sp³-hybridized carbons (Fsp3) is 0.312. The maximum absolute atomic E-state index is 12.9. The molecule has 5 heteroatoms. The Morgan fingerprint density at radius 2 is 1.90 bits per heavy atom. The number of carbonyl (C=O) groups is 1. The summed E-state index contributed by atoms with van der Waals surface area (Å²) in [5, 5.41) is 0. The molecule has 1 N–H and O–H groups in total. The largest absolute Gasteiger partial charge is 0.459 e. The molecule has 0 atom stereocenters. The monoisotopic (exact) mass is 289 g/mol. The normalized spacial score (nSPS) is 16.1. The number of hydrogen-bond donors (Lipinski definition) is 1. The number of carbonyl (C=O) groups excluding carboxylic acids is 1. The van der Waals surface area contributed by atoms with Crippen molar-refractivity contribution in [1.82, 2.24) is 4.90 Å². The first kappa shape index (κ1) is 13.8. The zero-order valence-corrected chi connectivity index (χ0v) is 11.7. The van der Waals surface area contributed by atoms with Crippen molar-refractivity contribution in [2.24, 2.45) is 0 Å². The summed E-state index contributed by atoms with van der Waals surface area (Å²) in [5.41, 5.74) is 1.12. The number of rotatable bonds is 3.